The Balaban J connectivity index is 1.47. The molecule has 35 heavy (non-hydrogen) atoms. The van der Waals surface area contributed by atoms with Crippen LogP contribution in [0.3, 0.4) is 0 Å². The van der Waals surface area contributed by atoms with Crippen molar-refractivity contribution in [3.8, 4) is 11.3 Å². The van der Waals surface area contributed by atoms with Crippen molar-refractivity contribution < 1.29 is 23.9 Å². The Kier molecular flexibility index (Phi) is 7.16. The van der Waals surface area contributed by atoms with Crippen LogP contribution < -0.4 is 5.32 Å². The number of pyridine rings is 1. The Bertz CT molecular complexity index is 1380. The van der Waals surface area contributed by atoms with E-state index in [1.54, 1.807) is 43.3 Å². The van der Waals surface area contributed by atoms with Gasteiger partial charge in [-0.05, 0) is 50.2 Å². The first-order valence-electron chi connectivity index (χ1n) is 11.2. The molecule has 7 heteroatoms. The van der Waals surface area contributed by atoms with E-state index in [-0.39, 0.29) is 6.61 Å². The number of esters is 2. The molecular formula is C28H24N2O5. The lowest BCUT2D eigenvalue weighted by Crippen LogP contribution is -2.21. The van der Waals surface area contributed by atoms with Crippen LogP contribution in [0.15, 0.2) is 78.9 Å². The van der Waals surface area contributed by atoms with Crippen molar-refractivity contribution in [3.05, 3.63) is 95.6 Å². The van der Waals surface area contributed by atoms with Crippen molar-refractivity contribution in [1.29, 1.82) is 0 Å². The van der Waals surface area contributed by atoms with Crippen LogP contribution in [0.25, 0.3) is 22.2 Å². The second-order valence-corrected chi connectivity index (χ2v) is 7.86. The fourth-order valence-corrected chi connectivity index (χ4v) is 3.53. The molecule has 0 fully saturated rings. The van der Waals surface area contributed by atoms with Crippen LogP contribution in [-0.4, -0.2) is 36.0 Å². The molecule has 0 saturated carbocycles. The first kappa shape index (κ1) is 23.6. The van der Waals surface area contributed by atoms with Crippen LogP contribution in [0.5, 0.6) is 0 Å². The molecule has 176 valence electrons. The average Bonchev–Trinajstić information content (AvgIpc) is 2.87. The Labute approximate surface area is 202 Å². The Morgan fingerprint density at radius 3 is 2.29 bits per heavy atom. The molecule has 1 aromatic heterocycles. The minimum atomic E-state index is -0.621. The molecule has 0 radical (unpaired) electrons. The Hall–Kier alpha value is -4.52. The number of benzene rings is 3. The highest BCUT2D eigenvalue weighted by Crippen LogP contribution is 2.25. The number of aryl methyl sites for hydroxylation is 1. The summed E-state index contributed by atoms with van der Waals surface area (Å²) >= 11 is 0. The van der Waals surface area contributed by atoms with E-state index in [0.29, 0.717) is 33.4 Å². The van der Waals surface area contributed by atoms with Gasteiger partial charge in [-0.25, -0.2) is 14.6 Å². The summed E-state index contributed by atoms with van der Waals surface area (Å²) in [4.78, 5) is 41.7. The van der Waals surface area contributed by atoms with Gasteiger partial charge < -0.3 is 14.8 Å². The summed E-state index contributed by atoms with van der Waals surface area (Å²) < 4.78 is 10.3. The number of anilines is 1. The minimum absolute atomic E-state index is 0.280. The number of aromatic nitrogens is 1. The molecule has 0 spiro atoms. The van der Waals surface area contributed by atoms with Crippen molar-refractivity contribution in [2.24, 2.45) is 0 Å². The van der Waals surface area contributed by atoms with E-state index in [2.05, 4.69) is 10.3 Å². The summed E-state index contributed by atoms with van der Waals surface area (Å²) in [6, 6.07) is 23.1. The molecule has 3 aromatic carbocycles. The molecule has 1 amide bonds. The van der Waals surface area contributed by atoms with Crippen LogP contribution >= 0.6 is 0 Å². The van der Waals surface area contributed by atoms with Crippen LogP contribution in [0, 0.1) is 6.92 Å². The van der Waals surface area contributed by atoms with Crippen LogP contribution in [0.1, 0.15) is 33.2 Å². The normalized spacial score (nSPS) is 10.6. The van der Waals surface area contributed by atoms with E-state index in [1.165, 1.54) is 0 Å². The highest BCUT2D eigenvalue weighted by Gasteiger charge is 2.17. The zero-order valence-corrected chi connectivity index (χ0v) is 19.4. The number of ether oxygens (including phenoxy) is 2. The second kappa shape index (κ2) is 10.6. The summed E-state index contributed by atoms with van der Waals surface area (Å²) in [6.07, 6.45) is 0. The summed E-state index contributed by atoms with van der Waals surface area (Å²) in [6.45, 7) is 3.54. The first-order chi connectivity index (χ1) is 16.9. The fraction of sp³-hybridized carbons (Fsp3) is 0.143. The number of amides is 1. The molecule has 0 saturated heterocycles. The van der Waals surface area contributed by atoms with Gasteiger partial charge in [0.25, 0.3) is 5.91 Å². The van der Waals surface area contributed by atoms with E-state index in [9.17, 15) is 14.4 Å². The number of hydrogen-bond donors (Lipinski definition) is 1. The van der Waals surface area contributed by atoms with E-state index in [1.807, 2.05) is 49.4 Å². The van der Waals surface area contributed by atoms with Gasteiger partial charge in [0.2, 0.25) is 0 Å². The molecule has 0 bridgehead atoms. The molecule has 7 nitrogen and oxygen atoms in total. The number of nitrogens with one attached hydrogen (secondary N) is 1. The quantitative estimate of drug-likeness (QED) is 0.376. The Morgan fingerprint density at radius 1 is 0.857 bits per heavy atom. The van der Waals surface area contributed by atoms with E-state index in [0.717, 1.165) is 11.1 Å². The molecular weight excluding hydrogens is 444 g/mol. The maximum atomic E-state index is 13.0. The standard InChI is InChI=1S/C28H24N2O5/c1-3-34-27(32)20-12-14-21(15-13-20)29-26(31)17-35-28(33)23-16-25(19-10-8-18(2)9-11-19)30-24-7-5-4-6-22(23)24/h4-16H,3,17H2,1-2H3,(H,29,31). The van der Waals surface area contributed by atoms with Gasteiger partial charge in [-0.15, -0.1) is 0 Å². The molecule has 0 atom stereocenters. The van der Waals surface area contributed by atoms with Crippen molar-refractivity contribution in [2.75, 3.05) is 18.5 Å². The summed E-state index contributed by atoms with van der Waals surface area (Å²) in [7, 11) is 0. The topological polar surface area (TPSA) is 94.6 Å². The highest BCUT2D eigenvalue weighted by molar-refractivity contribution is 6.05. The number of hydrogen-bond acceptors (Lipinski definition) is 6. The van der Waals surface area contributed by atoms with Gasteiger partial charge in [-0.2, -0.15) is 0 Å². The van der Waals surface area contributed by atoms with Crippen molar-refractivity contribution in [3.63, 3.8) is 0 Å². The third kappa shape index (κ3) is 5.70. The van der Waals surface area contributed by atoms with Crippen molar-refractivity contribution >= 4 is 34.4 Å². The van der Waals surface area contributed by atoms with Gasteiger partial charge in [0.1, 0.15) is 0 Å². The predicted octanol–water partition coefficient (Wildman–Crippen LogP) is 5.18. The van der Waals surface area contributed by atoms with Crippen LogP contribution in [-0.2, 0) is 14.3 Å². The predicted molar refractivity (Wildman–Crippen MR) is 133 cm³/mol. The SMILES string of the molecule is CCOC(=O)c1ccc(NC(=O)COC(=O)c2cc(-c3ccc(C)cc3)nc3ccccc23)cc1. The number of carbonyl (C=O) groups excluding carboxylic acids is 3. The maximum Gasteiger partial charge on any atom is 0.339 e. The number of rotatable bonds is 7. The number of fused-ring (bicyclic) bond motifs is 1. The molecule has 1 N–H and O–H groups in total. The molecule has 4 aromatic rings. The summed E-state index contributed by atoms with van der Waals surface area (Å²) in [5.41, 5.74) is 4.47. The molecule has 4 rings (SSSR count). The molecule has 0 aliphatic rings. The third-order valence-corrected chi connectivity index (χ3v) is 5.30. The van der Waals surface area contributed by atoms with Gasteiger partial charge in [0.05, 0.1) is 28.9 Å². The Morgan fingerprint density at radius 2 is 1.57 bits per heavy atom. The maximum absolute atomic E-state index is 13.0. The molecule has 0 aliphatic carbocycles. The monoisotopic (exact) mass is 468 g/mol. The fourth-order valence-electron chi connectivity index (χ4n) is 3.53. The zero-order valence-electron chi connectivity index (χ0n) is 19.4. The summed E-state index contributed by atoms with van der Waals surface area (Å²) in [5.74, 6) is -1.56. The van der Waals surface area contributed by atoms with Crippen LogP contribution in [0.4, 0.5) is 5.69 Å². The van der Waals surface area contributed by atoms with Gasteiger partial charge in [0.15, 0.2) is 6.61 Å². The third-order valence-electron chi connectivity index (χ3n) is 5.30. The van der Waals surface area contributed by atoms with Crippen molar-refractivity contribution in [2.45, 2.75) is 13.8 Å². The van der Waals surface area contributed by atoms with E-state index >= 15 is 0 Å². The lowest BCUT2D eigenvalue weighted by molar-refractivity contribution is -0.119. The second-order valence-electron chi connectivity index (χ2n) is 7.86. The summed E-state index contributed by atoms with van der Waals surface area (Å²) in [5, 5.41) is 3.29. The number of nitrogens with zero attached hydrogens (tertiary/aromatic N) is 1. The van der Waals surface area contributed by atoms with E-state index in [4.69, 9.17) is 9.47 Å². The average molecular weight is 469 g/mol. The lowest BCUT2D eigenvalue weighted by atomic mass is 10.0. The van der Waals surface area contributed by atoms with Crippen molar-refractivity contribution in [1.82, 2.24) is 4.98 Å². The number of para-hydroxylation sites is 1. The van der Waals surface area contributed by atoms with Gasteiger partial charge >= 0.3 is 11.9 Å². The lowest BCUT2D eigenvalue weighted by Gasteiger charge is -2.11. The smallest absolute Gasteiger partial charge is 0.339 e. The highest BCUT2D eigenvalue weighted by atomic mass is 16.5. The van der Waals surface area contributed by atoms with Gasteiger partial charge in [-0.3, -0.25) is 4.79 Å². The molecule has 1 heterocycles. The molecule has 0 unspecified atom stereocenters. The van der Waals surface area contributed by atoms with E-state index < -0.39 is 24.5 Å². The first-order valence-corrected chi connectivity index (χ1v) is 11.2. The number of carbonyl (C=O) groups is 3. The molecule has 0 aliphatic heterocycles. The largest absolute Gasteiger partial charge is 0.462 e. The minimum Gasteiger partial charge on any atom is -0.462 e. The van der Waals surface area contributed by atoms with Gasteiger partial charge in [0, 0.05) is 16.6 Å². The zero-order chi connectivity index (χ0) is 24.8. The van der Waals surface area contributed by atoms with Crippen LogP contribution in [0.2, 0.25) is 0 Å². The van der Waals surface area contributed by atoms with Gasteiger partial charge in [-0.1, -0.05) is 48.0 Å².